The molecule has 0 bridgehead atoms. The van der Waals surface area contributed by atoms with Gasteiger partial charge in [-0.1, -0.05) is 6.07 Å². The van der Waals surface area contributed by atoms with Crippen LogP contribution in [0.4, 0.5) is 5.69 Å². The standard InChI is InChI=1S/C16H16N2O5/c1-22-14-8-11(4-7-13(14)19)15-9-17-16(23-15)10-2-5-12(6-3-10)18(20)21/h2-8,15-17,19H,9H2,1H3. The maximum Gasteiger partial charge on any atom is 0.269 e. The monoisotopic (exact) mass is 316 g/mol. The van der Waals surface area contributed by atoms with Crippen LogP contribution < -0.4 is 10.1 Å². The zero-order valence-corrected chi connectivity index (χ0v) is 12.4. The Balaban J connectivity index is 1.74. The number of nitrogens with one attached hydrogen (secondary N) is 1. The van der Waals surface area contributed by atoms with Crippen molar-refractivity contribution in [1.82, 2.24) is 5.32 Å². The maximum atomic E-state index is 10.7. The van der Waals surface area contributed by atoms with Gasteiger partial charge in [-0.3, -0.25) is 15.4 Å². The van der Waals surface area contributed by atoms with E-state index in [2.05, 4.69) is 5.32 Å². The van der Waals surface area contributed by atoms with E-state index in [0.29, 0.717) is 12.3 Å². The summed E-state index contributed by atoms with van der Waals surface area (Å²) < 4.78 is 11.1. The van der Waals surface area contributed by atoms with E-state index in [0.717, 1.165) is 11.1 Å². The quantitative estimate of drug-likeness (QED) is 0.665. The van der Waals surface area contributed by atoms with E-state index in [4.69, 9.17) is 9.47 Å². The number of methoxy groups -OCH3 is 1. The summed E-state index contributed by atoms with van der Waals surface area (Å²) in [7, 11) is 1.49. The van der Waals surface area contributed by atoms with Gasteiger partial charge in [0.1, 0.15) is 6.23 Å². The normalized spacial score (nSPS) is 20.4. The zero-order valence-electron chi connectivity index (χ0n) is 12.4. The van der Waals surface area contributed by atoms with Crippen molar-refractivity contribution in [2.75, 3.05) is 13.7 Å². The summed E-state index contributed by atoms with van der Waals surface area (Å²) in [6, 6.07) is 11.3. The number of rotatable bonds is 4. The SMILES string of the molecule is COc1cc(C2CNC(c3ccc([N+](=O)[O-])cc3)O2)ccc1O. The van der Waals surface area contributed by atoms with Gasteiger partial charge in [0, 0.05) is 18.7 Å². The van der Waals surface area contributed by atoms with Crippen molar-refractivity contribution in [2.24, 2.45) is 0 Å². The number of non-ortho nitro benzene ring substituents is 1. The van der Waals surface area contributed by atoms with Crippen LogP contribution in [-0.2, 0) is 4.74 Å². The zero-order chi connectivity index (χ0) is 16.4. The molecule has 2 atom stereocenters. The highest BCUT2D eigenvalue weighted by molar-refractivity contribution is 5.43. The molecule has 2 aromatic carbocycles. The average Bonchev–Trinajstić information content (AvgIpc) is 3.05. The van der Waals surface area contributed by atoms with Crippen LogP contribution in [-0.4, -0.2) is 23.7 Å². The van der Waals surface area contributed by atoms with Gasteiger partial charge in [-0.05, 0) is 35.4 Å². The molecule has 120 valence electrons. The van der Waals surface area contributed by atoms with Crippen LogP contribution in [0.2, 0.25) is 0 Å². The third kappa shape index (κ3) is 3.10. The number of hydrogen-bond acceptors (Lipinski definition) is 6. The van der Waals surface area contributed by atoms with Gasteiger partial charge in [0.15, 0.2) is 11.5 Å². The van der Waals surface area contributed by atoms with Gasteiger partial charge >= 0.3 is 0 Å². The summed E-state index contributed by atoms with van der Waals surface area (Å²) >= 11 is 0. The Labute approximate surface area is 132 Å². The summed E-state index contributed by atoms with van der Waals surface area (Å²) in [5.41, 5.74) is 1.76. The molecule has 2 aromatic rings. The Bertz CT molecular complexity index is 717. The van der Waals surface area contributed by atoms with E-state index >= 15 is 0 Å². The fourth-order valence-corrected chi connectivity index (χ4v) is 2.53. The van der Waals surface area contributed by atoms with Gasteiger partial charge in [0.25, 0.3) is 5.69 Å². The van der Waals surface area contributed by atoms with Crippen molar-refractivity contribution in [3.8, 4) is 11.5 Å². The Kier molecular flexibility index (Phi) is 4.14. The van der Waals surface area contributed by atoms with Crippen molar-refractivity contribution in [3.05, 3.63) is 63.7 Å². The third-order valence-electron chi connectivity index (χ3n) is 3.77. The van der Waals surface area contributed by atoms with Crippen LogP contribution in [0.15, 0.2) is 42.5 Å². The highest BCUT2D eigenvalue weighted by atomic mass is 16.6. The molecule has 2 unspecified atom stereocenters. The van der Waals surface area contributed by atoms with Gasteiger partial charge in [-0.25, -0.2) is 0 Å². The lowest BCUT2D eigenvalue weighted by atomic mass is 10.1. The second-order valence-corrected chi connectivity index (χ2v) is 5.19. The van der Waals surface area contributed by atoms with E-state index in [9.17, 15) is 15.2 Å². The number of nitrogens with zero attached hydrogens (tertiary/aromatic N) is 1. The van der Waals surface area contributed by atoms with Gasteiger partial charge in [0.2, 0.25) is 0 Å². The number of aromatic hydroxyl groups is 1. The molecule has 0 amide bonds. The van der Waals surface area contributed by atoms with Gasteiger partial charge in [0.05, 0.1) is 18.1 Å². The lowest BCUT2D eigenvalue weighted by Crippen LogP contribution is -2.13. The highest BCUT2D eigenvalue weighted by Crippen LogP contribution is 2.35. The molecule has 1 fully saturated rings. The van der Waals surface area contributed by atoms with Crippen molar-refractivity contribution < 1.29 is 19.5 Å². The lowest BCUT2D eigenvalue weighted by molar-refractivity contribution is -0.384. The van der Waals surface area contributed by atoms with Crippen LogP contribution in [0, 0.1) is 10.1 Å². The van der Waals surface area contributed by atoms with Gasteiger partial charge in [-0.15, -0.1) is 0 Å². The van der Waals surface area contributed by atoms with Crippen LogP contribution >= 0.6 is 0 Å². The first-order chi connectivity index (χ1) is 11.1. The Morgan fingerprint density at radius 1 is 1.26 bits per heavy atom. The molecule has 3 rings (SSSR count). The van der Waals surface area contributed by atoms with Crippen molar-refractivity contribution in [3.63, 3.8) is 0 Å². The van der Waals surface area contributed by atoms with Crippen molar-refractivity contribution in [2.45, 2.75) is 12.3 Å². The fraction of sp³-hybridized carbons (Fsp3) is 0.250. The van der Waals surface area contributed by atoms with E-state index in [1.807, 2.05) is 0 Å². The third-order valence-corrected chi connectivity index (χ3v) is 3.77. The number of ether oxygens (including phenoxy) is 2. The number of nitro benzene ring substituents is 1. The minimum atomic E-state index is -0.432. The molecule has 2 N–H and O–H groups in total. The Morgan fingerprint density at radius 2 is 1.96 bits per heavy atom. The number of phenols is 1. The molecule has 0 aromatic heterocycles. The molecule has 0 aliphatic carbocycles. The van der Waals surface area contributed by atoms with Crippen LogP contribution in [0.25, 0.3) is 0 Å². The van der Waals surface area contributed by atoms with Crippen molar-refractivity contribution in [1.29, 1.82) is 0 Å². The number of benzene rings is 2. The summed E-state index contributed by atoms with van der Waals surface area (Å²) in [6.45, 7) is 0.593. The molecule has 1 aliphatic rings. The molecule has 0 spiro atoms. The predicted molar refractivity (Wildman–Crippen MR) is 82.3 cm³/mol. The summed E-state index contributed by atoms with van der Waals surface area (Å²) in [5, 5.41) is 23.6. The molecule has 0 saturated carbocycles. The molecule has 0 radical (unpaired) electrons. The van der Waals surface area contributed by atoms with E-state index in [-0.39, 0.29) is 23.8 Å². The van der Waals surface area contributed by atoms with E-state index in [1.54, 1.807) is 30.3 Å². The second kappa shape index (κ2) is 6.23. The molecule has 7 heteroatoms. The average molecular weight is 316 g/mol. The largest absolute Gasteiger partial charge is 0.504 e. The topological polar surface area (TPSA) is 93.9 Å². The van der Waals surface area contributed by atoms with E-state index < -0.39 is 4.92 Å². The number of hydrogen-bond donors (Lipinski definition) is 2. The fourth-order valence-electron chi connectivity index (χ4n) is 2.53. The first-order valence-electron chi connectivity index (χ1n) is 7.08. The molecule has 23 heavy (non-hydrogen) atoms. The predicted octanol–water partition coefficient (Wildman–Crippen LogP) is 2.67. The highest BCUT2D eigenvalue weighted by Gasteiger charge is 2.28. The molecule has 1 aliphatic heterocycles. The van der Waals surface area contributed by atoms with Gasteiger partial charge < -0.3 is 14.6 Å². The molecule has 1 saturated heterocycles. The molecule has 7 nitrogen and oxygen atoms in total. The molecular weight excluding hydrogens is 300 g/mol. The lowest BCUT2D eigenvalue weighted by Gasteiger charge is -2.14. The smallest absolute Gasteiger partial charge is 0.269 e. The van der Waals surface area contributed by atoms with E-state index in [1.165, 1.54) is 19.2 Å². The van der Waals surface area contributed by atoms with Crippen molar-refractivity contribution >= 4 is 5.69 Å². The number of nitro groups is 1. The maximum absolute atomic E-state index is 10.7. The number of phenolic OH excluding ortho intramolecular Hbond substituents is 1. The summed E-state index contributed by atoms with van der Waals surface area (Å²) in [6.07, 6.45) is -0.523. The Morgan fingerprint density at radius 3 is 2.61 bits per heavy atom. The first kappa shape index (κ1) is 15.3. The minimum absolute atomic E-state index is 0.0477. The van der Waals surface area contributed by atoms with Gasteiger partial charge in [-0.2, -0.15) is 0 Å². The molecule has 1 heterocycles. The summed E-state index contributed by atoms with van der Waals surface area (Å²) in [4.78, 5) is 10.3. The molecular formula is C16H16N2O5. The van der Waals surface area contributed by atoms with Crippen LogP contribution in [0.5, 0.6) is 11.5 Å². The summed E-state index contributed by atoms with van der Waals surface area (Å²) in [5.74, 6) is 0.471. The first-order valence-corrected chi connectivity index (χ1v) is 7.08. The minimum Gasteiger partial charge on any atom is -0.504 e. The van der Waals surface area contributed by atoms with Crippen LogP contribution in [0.3, 0.4) is 0 Å². The van der Waals surface area contributed by atoms with Crippen LogP contribution in [0.1, 0.15) is 23.5 Å². The second-order valence-electron chi connectivity index (χ2n) is 5.19. The Hall–Kier alpha value is -2.64.